The van der Waals surface area contributed by atoms with Crippen LogP contribution < -0.4 is 0 Å². The van der Waals surface area contributed by atoms with E-state index in [1.165, 1.54) is 0 Å². The molecule has 1 heterocycles. The van der Waals surface area contributed by atoms with Crippen LogP contribution in [-0.2, 0) is 23.1 Å². The zero-order valence-electron chi connectivity index (χ0n) is 9.04. The molecule has 0 saturated carbocycles. The molecule has 15 heavy (non-hydrogen) atoms. The molecule has 4 nitrogen and oxygen atoms in total. The number of aryl methyl sites for hydroxylation is 2. The second kappa shape index (κ2) is 3.36. The van der Waals surface area contributed by atoms with Gasteiger partial charge in [-0.05, 0) is 33.1 Å². The first kappa shape index (κ1) is 10.2. The largest absolute Gasteiger partial charge is 0.480 e. The second-order valence-corrected chi connectivity index (χ2v) is 4.53. The summed E-state index contributed by atoms with van der Waals surface area (Å²) in [5.41, 5.74) is -0.0808. The third-order valence-electron chi connectivity index (χ3n) is 2.91. The summed E-state index contributed by atoms with van der Waals surface area (Å²) in [6, 6.07) is 0. The van der Waals surface area contributed by atoms with Crippen LogP contribution in [0.25, 0.3) is 0 Å². The van der Waals surface area contributed by atoms with Crippen LogP contribution >= 0.6 is 0 Å². The van der Waals surface area contributed by atoms with E-state index in [0.29, 0.717) is 5.89 Å². The van der Waals surface area contributed by atoms with Crippen molar-refractivity contribution in [2.45, 2.75) is 44.9 Å². The molecular weight excluding hydrogens is 194 g/mol. The first-order valence-electron chi connectivity index (χ1n) is 5.24. The van der Waals surface area contributed by atoms with E-state index in [1.54, 1.807) is 13.8 Å². The van der Waals surface area contributed by atoms with Crippen molar-refractivity contribution < 1.29 is 14.3 Å². The number of fused-ring (bicyclic) bond motifs is 1. The van der Waals surface area contributed by atoms with Gasteiger partial charge in [0.1, 0.15) is 11.2 Å². The molecule has 0 saturated heterocycles. The highest BCUT2D eigenvalue weighted by atomic mass is 16.4. The van der Waals surface area contributed by atoms with Gasteiger partial charge in [-0.2, -0.15) is 0 Å². The highest BCUT2D eigenvalue weighted by Gasteiger charge is 2.36. The Morgan fingerprint density at radius 2 is 2.07 bits per heavy atom. The third kappa shape index (κ3) is 1.64. The van der Waals surface area contributed by atoms with Gasteiger partial charge in [0.25, 0.3) is 0 Å². The number of carbonyl (C=O) groups is 1. The molecule has 0 amide bonds. The van der Waals surface area contributed by atoms with Gasteiger partial charge in [-0.1, -0.05) is 0 Å². The number of oxazole rings is 1. The predicted molar refractivity (Wildman–Crippen MR) is 53.8 cm³/mol. The Morgan fingerprint density at radius 1 is 1.40 bits per heavy atom. The number of nitrogens with zero attached hydrogens (tertiary/aromatic N) is 1. The minimum Gasteiger partial charge on any atom is -0.480 e. The molecule has 0 aliphatic heterocycles. The quantitative estimate of drug-likeness (QED) is 0.808. The molecule has 0 fully saturated rings. The Balaban J connectivity index is 2.37. The molecule has 1 N–H and O–H groups in total. The molecule has 0 atom stereocenters. The SMILES string of the molecule is CC(C)(C(=O)O)c1nc2c(o1)CCCC2. The lowest BCUT2D eigenvalue weighted by molar-refractivity contribution is -0.143. The van der Waals surface area contributed by atoms with Gasteiger partial charge in [0.05, 0.1) is 5.69 Å². The topological polar surface area (TPSA) is 63.3 Å². The van der Waals surface area contributed by atoms with Crippen molar-refractivity contribution in [1.29, 1.82) is 0 Å². The van der Waals surface area contributed by atoms with Crippen molar-refractivity contribution in [2.75, 3.05) is 0 Å². The van der Waals surface area contributed by atoms with E-state index in [0.717, 1.165) is 37.1 Å². The van der Waals surface area contributed by atoms with Crippen LogP contribution in [0.5, 0.6) is 0 Å². The molecular formula is C11H15NO3. The number of rotatable bonds is 2. The van der Waals surface area contributed by atoms with Crippen molar-refractivity contribution in [3.8, 4) is 0 Å². The highest BCUT2D eigenvalue weighted by molar-refractivity contribution is 5.78. The first-order chi connectivity index (χ1) is 7.01. The number of aromatic nitrogens is 1. The second-order valence-electron chi connectivity index (χ2n) is 4.53. The lowest BCUT2D eigenvalue weighted by Crippen LogP contribution is -2.28. The van der Waals surface area contributed by atoms with Crippen molar-refractivity contribution in [1.82, 2.24) is 4.98 Å². The number of carboxylic acids is 1. The Labute approximate surface area is 88.3 Å². The molecule has 0 aromatic carbocycles. The van der Waals surface area contributed by atoms with Gasteiger partial charge < -0.3 is 9.52 Å². The zero-order chi connectivity index (χ0) is 11.1. The fourth-order valence-electron chi connectivity index (χ4n) is 1.71. The average molecular weight is 209 g/mol. The monoisotopic (exact) mass is 209 g/mol. The van der Waals surface area contributed by atoms with E-state index >= 15 is 0 Å². The summed E-state index contributed by atoms with van der Waals surface area (Å²) in [6.45, 7) is 3.24. The lowest BCUT2D eigenvalue weighted by Gasteiger charge is -2.13. The molecule has 0 bridgehead atoms. The fraction of sp³-hybridized carbons (Fsp3) is 0.636. The van der Waals surface area contributed by atoms with E-state index in [1.807, 2.05) is 0 Å². The van der Waals surface area contributed by atoms with Crippen LogP contribution in [0.2, 0.25) is 0 Å². The number of hydrogen-bond acceptors (Lipinski definition) is 3. The normalized spacial score (nSPS) is 16.1. The Kier molecular flexibility index (Phi) is 2.29. The van der Waals surface area contributed by atoms with Gasteiger partial charge in [0.2, 0.25) is 5.89 Å². The molecule has 0 unspecified atom stereocenters. The molecule has 0 spiro atoms. The van der Waals surface area contributed by atoms with E-state index in [9.17, 15) is 4.79 Å². The summed E-state index contributed by atoms with van der Waals surface area (Å²) in [4.78, 5) is 15.3. The van der Waals surface area contributed by atoms with Gasteiger partial charge in [-0.25, -0.2) is 4.98 Å². The van der Waals surface area contributed by atoms with E-state index in [2.05, 4.69) is 4.98 Å². The van der Waals surface area contributed by atoms with Gasteiger partial charge in [-0.15, -0.1) is 0 Å². The summed E-state index contributed by atoms with van der Waals surface area (Å²) in [7, 11) is 0. The number of hydrogen-bond donors (Lipinski definition) is 1. The first-order valence-corrected chi connectivity index (χ1v) is 5.24. The maximum Gasteiger partial charge on any atom is 0.318 e. The predicted octanol–water partition coefficient (Wildman–Crippen LogP) is 1.92. The van der Waals surface area contributed by atoms with Crippen molar-refractivity contribution in [3.05, 3.63) is 17.3 Å². The van der Waals surface area contributed by atoms with Gasteiger partial charge in [-0.3, -0.25) is 4.79 Å². The Bertz CT molecular complexity index is 369. The third-order valence-corrected chi connectivity index (χ3v) is 2.91. The molecule has 82 valence electrons. The van der Waals surface area contributed by atoms with Crippen molar-refractivity contribution in [2.24, 2.45) is 0 Å². The Hall–Kier alpha value is -1.32. The summed E-state index contributed by atoms with van der Waals surface area (Å²) in [6.07, 6.45) is 4.02. The van der Waals surface area contributed by atoms with Crippen molar-refractivity contribution in [3.63, 3.8) is 0 Å². The average Bonchev–Trinajstić information content (AvgIpc) is 2.61. The van der Waals surface area contributed by atoms with E-state index in [4.69, 9.17) is 9.52 Å². The zero-order valence-corrected chi connectivity index (χ0v) is 9.04. The van der Waals surface area contributed by atoms with Gasteiger partial charge in [0, 0.05) is 6.42 Å². The van der Waals surface area contributed by atoms with Crippen LogP contribution in [0.1, 0.15) is 44.0 Å². The molecule has 1 aliphatic rings. The fourth-order valence-corrected chi connectivity index (χ4v) is 1.71. The lowest BCUT2D eigenvalue weighted by atomic mass is 9.94. The number of aliphatic carboxylic acids is 1. The van der Waals surface area contributed by atoms with Crippen LogP contribution in [0.15, 0.2) is 4.42 Å². The van der Waals surface area contributed by atoms with Crippen LogP contribution in [0.4, 0.5) is 0 Å². The molecule has 1 aromatic rings. The minimum atomic E-state index is -1.03. The molecule has 1 aliphatic carbocycles. The smallest absolute Gasteiger partial charge is 0.318 e. The van der Waals surface area contributed by atoms with Gasteiger partial charge in [0.15, 0.2) is 0 Å². The standard InChI is InChI=1S/C11H15NO3/c1-11(2,10(13)14)9-12-7-5-3-4-6-8(7)15-9/h3-6H2,1-2H3,(H,13,14). The molecule has 0 radical (unpaired) electrons. The summed E-state index contributed by atoms with van der Waals surface area (Å²) >= 11 is 0. The number of carboxylic acid groups (broad SMARTS) is 1. The Morgan fingerprint density at radius 3 is 2.67 bits per heavy atom. The maximum atomic E-state index is 11.0. The highest BCUT2D eigenvalue weighted by Crippen LogP contribution is 2.28. The van der Waals surface area contributed by atoms with E-state index in [-0.39, 0.29) is 0 Å². The summed E-state index contributed by atoms with van der Waals surface area (Å²) < 4.78 is 5.54. The van der Waals surface area contributed by atoms with E-state index < -0.39 is 11.4 Å². The van der Waals surface area contributed by atoms with Gasteiger partial charge >= 0.3 is 5.97 Å². The minimum absolute atomic E-state index is 0.335. The summed E-state index contributed by atoms with van der Waals surface area (Å²) in [5, 5.41) is 9.06. The van der Waals surface area contributed by atoms with Crippen LogP contribution in [0, 0.1) is 0 Å². The molecule has 4 heteroatoms. The van der Waals surface area contributed by atoms with Crippen LogP contribution in [0.3, 0.4) is 0 Å². The maximum absolute atomic E-state index is 11.0. The van der Waals surface area contributed by atoms with Crippen molar-refractivity contribution >= 4 is 5.97 Å². The molecule has 1 aromatic heterocycles. The van der Waals surface area contributed by atoms with Crippen LogP contribution in [-0.4, -0.2) is 16.1 Å². The summed E-state index contributed by atoms with van der Waals surface area (Å²) in [5.74, 6) is 0.313. The molecule has 2 rings (SSSR count).